The maximum Gasteiger partial charge on any atom is 0.305 e. The number of ether oxygens (including phenoxy) is 4. The number of hydrogen-bond donors (Lipinski definition) is 2. The highest BCUT2D eigenvalue weighted by Gasteiger charge is 2.48. The molecule has 1 fully saturated rings. The van der Waals surface area contributed by atoms with Crippen LogP contribution in [0, 0.1) is 0 Å². The predicted octanol–water partition coefficient (Wildman–Crippen LogP) is -1.51. The Hall–Kier alpha value is -1.71. The smallest absolute Gasteiger partial charge is 0.305 e. The van der Waals surface area contributed by atoms with Crippen LogP contribution in [-0.4, -0.2) is 65.4 Å². The predicted molar refractivity (Wildman–Crippen MR) is 64.6 cm³/mol. The summed E-state index contributed by atoms with van der Waals surface area (Å²) in [6, 6.07) is 0. The van der Waals surface area contributed by atoms with Gasteiger partial charge in [0.15, 0.2) is 6.10 Å². The molecule has 0 aromatic rings. The minimum atomic E-state index is -1.56. The largest absolute Gasteiger partial charge is 0.463 e. The van der Waals surface area contributed by atoms with Crippen LogP contribution in [0.3, 0.4) is 0 Å². The van der Waals surface area contributed by atoms with Gasteiger partial charge in [0, 0.05) is 20.8 Å². The van der Waals surface area contributed by atoms with Crippen LogP contribution in [-0.2, 0) is 33.3 Å². The second kappa shape index (κ2) is 7.34. The summed E-state index contributed by atoms with van der Waals surface area (Å²) in [5, 5.41) is 19.9. The average molecular weight is 306 g/mol. The molecule has 1 aliphatic rings. The molecular weight excluding hydrogens is 288 g/mol. The molecule has 1 heterocycles. The number of aliphatic hydroxyl groups is 2. The normalized spacial score (nSPS) is 32.1. The Bertz CT molecular complexity index is 406. The Kier molecular flexibility index (Phi) is 6.06. The van der Waals surface area contributed by atoms with E-state index in [0.29, 0.717) is 0 Å². The molecule has 1 saturated heterocycles. The van der Waals surface area contributed by atoms with Gasteiger partial charge in [0.05, 0.1) is 0 Å². The summed E-state index contributed by atoms with van der Waals surface area (Å²) in [6.07, 6.45) is -6.96. The summed E-state index contributed by atoms with van der Waals surface area (Å²) in [5.74, 6) is -2.08. The van der Waals surface area contributed by atoms with Crippen molar-refractivity contribution >= 4 is 17.9 Å². The van der Waals surface area contributed by atoms with Crippen molar-refractivity contribution in [3.63, 3.8) is 0 Å². The van der Waals surface area contributed by atoms with Gasteiger partial charge in [0.2, 0.25) is 6.29 Å². The van der Waals surface area contributed by atoms with Gasteiger partial charge in [-0.05, 0) is 0 Å². The van der Waals surface area contributed by atoms with Crippen LogP contribution >= 0.6 is 0 Å². The zero-order chi connectivity index (χ0) is 16.2. The standard InChI is InChI=1S/C12H18O9/c1-5(13)18-4-8-9(16)10(17)11(19-6(2)14)12(21-8)20-7(3)15/h8-12,16-17H,4H2,1-3H3/t8?,9-,10?,11+,12-/m1/s1. The Morgan fingerprint density at radius 1 is 0.952 bits per heavy atom. The molecule has 21 heavy (non-hydrogen) atoms. The van der Waals surface area contributed by atoms with Crippen molar-refractivity contribution in [2.24, 2.45) is 0 Å². The first-order valence-corrected chi connectivity index (χ1v) is 6.21. The molecule has 0 aromatic heterocycles. The molecule has 0 amide bonds. The van der Waals surface area contributed by atoms with Crippen molar-refractivity contribution in [2.45, 2.75) is 51.5 Å². The molecule has 5 atom stereocenters. The van der Waals surface area contributed by atoms with Crippen LogP contribution < -0.4 is 0 Å². The lowest BCUT2D eigenvalue weighted by Crippen LogP contribution is -2.60. The number of carbonyl (C=O) groups is 3. The van der Waals surface area contributed by atoms with Crippen LogP contribution in [0.15, 0.2) is 0 Å². The molecule has 0 bridgehead atoms. The summed E-state index contributed by atoms with van der Waals surface area (Å²) in [6.45, 7) is 3.01. The number of esters is 3. The SMILES string of the molecule is CC(=O)OCC1O[C@@H](OC(C)=O)[C@@H](OC(C)=O)C(O)[C@@H]1O. The van der Waals surface area contributed by atoms with E-state index in [4.69, 9.17) is 14.2 Å². The molecule has 1 rings (SSSR count). The Morgan fingerprint density at radius 3 is 2.00 bits per heavy atom. The summed E-state index contributed by atoms with van der Waals surface area (Å²) in [4.78, 5) is 32.8. The van der Waals surface area contributed by atoms with E-state index in [9.17, 15) is 24.6 Å². The van der Waals surface area contributed by atoms with Crippen LogP contribution in [0.4, 0.5) is 0 Å². The lowest BCUT2D eigenvalue weighted by molar-refractivity contribution is -0.295. The highest BCUT2D eigenvalue weighted by Crippen LogP contribution is 2.25. The van der Waals surface area contributed by atoms with E-state index in [1.54, 1.807) is 0 Å². The minimum absolute atomic E-state index is 0.349. The zero-order valence-corrected chi connectivity index (χ0v) is 11.8. The van der Waals surface area contributed by atoms with Crippen LogP contribution in [0.2, 0.25) is 0 Å². The van der Waals surface area contributed by atoms with Gasteiger partial charge in [-0.25, -0.2) is 0 Å². The average Bonchev–Trinajstić information content (AvgIpc) is 2.35. The lowest BCUT2D eigenvalue weighted by Gasteiger charge is -2.40. The Balaban J connectivity index is 2.84. The molecule has 0 spiro atoms. The molecule has 0 aliphatic carbocycles. The van der Waals surface area contributed by atoms with Gasteiger partial charge in [-0.1, -0.05) is 0 Å². The van der Waals surface area contributed by atoms with Gasteiger partial charge in [-0.15, -0.1) is 0 Å². The van der Waals surface area contributed by atoms with Gasteiger partial charge < -0.3 is 29.2 Å². The van der Waals surface area contributed by atoms with Gasteiger partial charge in [0.1, 0.15) is 24.9 Å². The molecule has 0 saturated carbocycles. The van der Waals surface area contributed by atoms with E-state index in [1.807, 2.05) is 0 Å². The lowest BCUT2D eigenvalue weighted by atomic mass is 9.99. The number of aliphatic hydroxyl groups excluding tert-OH is 2. The highest BCUT2D eigenvalue weighted by molar-refractivity contribution is 5.67. The molecule has 0 aromatic carbocycles. The fourth-order valence-electron chi connectivity index (χ4n) is 1.82. The first-order chi connectivity index (χ1) is 9.72. The maximum atomic E-state index is 11.0. The monoisotopic (exact) mass is 306 g/mol. The molecule has 9 nitrogen and oxygen atoms in total. The highest BCUT2D eigenvalue weighted by atomic mass is 16.7. The molecular formula is C12H18O9. The summed E-state index contributed by atoms with van der Waals surface area (Å²) >= 11 is 0. The fraction of sp³-hybridized carbons (Fsp3) is 0.750. The fourth-order valence-corrected chi connectivity index (χ4v) is 1.82. The van der Waals surface area contributed by atoms with E-state index in [2.05, 4.69) is 4.74 Å². The third-order valence-electron chi connectivity index (χ3n) is 2.68. The molecule has 0 radical (unpaired) electrons. The van der Waals surface area contributed by atoms with Gasteiger partial charge in [-0.3, -0.25) is 14.4 Å². The molecule has 9 heteroatoms. The summed E-state index contributed by atoms with van der Waals surface area (Å²) in [7, 11) is 0. The second-order valence-electron chi connectivity index (χ2n) is 4.51. The van der Waals surface area contributed by atoms with Crippen LogP contribution in [0.5, 0.6) is 0 Å². The first-order valence-electron chi connectivity index (χ1n) is 6.21. The second-order valence-corrected chi connectivity index (χ2v) is 4.51. The van der Waals surface area contributed by atoms with Crippen molar-refractivity contribution in [1.29, 1.82) is 0 Å². The maximum absolute atomic E-state index is 11.0. The quantitative estimate of drug-likeness (QED) is 0.470. The third kappa shape index (κ3) is 4.96. The number of rotatable bonds is 4. The first kappa shape index (κ1) is 17.3. The zero-order valence-electron chi connectivity index (χ0n) is 11.8. The van der Waals surface area contributed by atoms with Crippen LogP contribution in [0.1, 0.15) is 20.8 Å². The molecule has 2 unspecified atom stereocenters. The van der Waals surface area contributed by atoms with Gasteiger partial charge in [0.25, 0.3) is 0 Å². The summed E-state index contributed by atoms with van der Waals surface area (Å²) < 4.78 is 19.5. The number of hydrogen-bond acceptors (Lipinski definition) is 9. The number of carbonyl (C=O) groups excluding carboxylic acids is 3. The van der Waals surface area contributed by atoms with E-state index < -0.39 is 48.6 Å². The summed E-state index contributed by atoms with van der Waals surface area (Å²) in [5.41, 5.74) is 0. The van der Waals surface area contributed by atoms with E-state index in [-0.39, 0.29) is 6.61 Å². The van der Waals surface area contributed by atoms with Gasteiger partial charge in [-0.2, -0.15) is 0 Å². The third-order valence-corrected chi connectivity index (χ3v) is 2.68. The van der Waals surface area contributed by atoms with E-state index >= 15 is 0 Å². The van der Waals surface area contributed by atoms with Crippen molar-refractivity contribution in [2.75, 3.05) is 6.61 Å². The molecule has 2 N–H and O–H groups in total. The van der Waals surface area contributed by atoms with E-state index in [1.165, 1.54) is 0 Å². The van der Waals surface area contributed by atoms with Gasteiger partial charge >= 0.3 is 17.9 Å². The Labute approximate surface area is 120 Å². The van der Waals surface area contributed by atoms with Crippen molar-refractivity contribution < 1.29 is 43.5 Å². The molecule has 120 valence electrons. The van der Waals surface area contributed by atoms with Crippen LogP contribution in [0.25, 0.3) is 0 Å². The van der Waals surface area contributed by atoms with Crippen molar-refractivity contribution in [3.8, 4) is 0 Å². The topological polar surface area (TPSA) is 129 Å². The van der Waals surface area contributed by atoms with E-state index in [0.717, 1.165) is 20.8 Å². The molecule has 1 aliphatic heterocycles. The van der Waals surface area contributed by atoms with Crippen molar-refractivity contribution in [3.05, 3.63) is 0 Å². The minimum Gasteiger partial charge on any atom is -0.463 e. The van der Waals surface area contributed by atoms with Crippen molar-refractivity contribution in [1.82, 2.24) is 0 Å². The Morgan fingerprint density at radius 2 is 1.52 bits per heavy atom.